The highest BCUT2D eigenvalue weighted by atomic mass is 16.5. The van der Waals surface area contributed by atoms with Gasteiger partial charge >= 0.3 is 5.97 Å². The molecule has 4 rings (SSSR count). The Labute approximate surface area is 145 Å². The molecule has 3 aromatic carbocycles. The van der Waals surface area contributed by atoms with E-state index in [0.29, 0.717) is 23.5 Å². The number of hydrogen-bond donors (Lipinski definition) is 0. The first-order chi connectivity index (χ1) is 12.2. The summed E-state index contributed by atoms with van der Waals surface area (Å²) in [7, 11) is 1.57. The zero-order valence-electron chi connectivity index (χ0n) is 13.7. The Morgan fingerprint density at radius 2 is 1.80 bits per heavy atom. The molecule has 4 nitrogen and oxygen atoms in total. The summed E-state index contributed by atoms with van der Waals surface area (Å²) < 4.78 is 10.6. The van der Waals surface area contributed by atoms with Crippen LogP contribution in [0.25, 0.3) is 10.8 Å². The van der Waals surface area contributed by atoms with Crippen LogP contribution in [0.1, 0.15) is 15.9 Å². The van der Waals surface area contributed by atoms with E-state index in [2.05, 4.69) is 0 Å². The minimum Gasteiger partial charge on any atom is -0.497 e. The van der Waals surface area contributed by atoms with E-state index in [0.717, 1.165) is 16.3 Å². The maximum Gasteiger partial charge on any atom is 0.322 e. The fourth-order valence-electron chi connectivity index (χ4n) is 3.25. The minimum atomic E-state index is -0.827. The Balaban J connectivity index is 1.71. The zero-order chi connectivity index (χ0) is 17.4. The molecule has 0 aliphatic carbocycles. The molecule has 25 heavy (non-hydrogen) atoms. The smallest absolute Gasteiger partial charge is 0.322 e. The van der Waals surface area contributed by atoms with Gasteiger partial charge in [0.2, 0.25) is 0 Å². The molecule has 0 bridgehead atoms. The van der Waals surface area contributed by atoms with E-state index < -0.39 is 11.9 Å². The number of fused-ring (bicyclic) bond motifs is 3. The Morgan fingerprint density at radius 3 is 2.56 bits per heavy atom. The Bertz CT molecular complexity index is 973. The maximum atomic E-state index is 12.8. The van der Waals surface area contributed by atoms with Gasteiger partial charge in [-0.05, 0) is 47.5 Å². The van der Waals surface area contributed by atoms with Crippen LogP contribution in [0.15, 0.2) is 60.7 Å². The second kappa shape index (κ2) is 6.06. The minimum absolute atomic E-state index is 0.230. The number of ether oxygens (including phenoxy) is 2. The molecule has 0 fully saturated rings. The van der Waals surface area contributed by atoms with Crippen molar-refractivity contribution in [3.05, 3.63) is 71.8 Å². The van der Waals surface area contributed by atoms with Gasteiger partial charge in [0.15, 0.2) is 5.78 Å². The van der Waals surface area contributed by atoms with Crippen LogP contribution in [0.4, 0.5) is 0 Å². The molecule has 0 spiro atoms. The van der Waals surface area contributed by atoms with Crippen LogP contribution in [0.3, 0.4) is 0 Å². The molecular weight excluding hydrogens is 316 g/mol. The quantitative estimate of drug-likeness (QED) is 0.317. The lowest BCUT2D eigenvalue weighted by molar-refractivity contribution is -0.138. The van der Waals surface area contributed by atoms with Gasteiger partial charge in [-0.15, -0.1) is 0 Å². The topological polar surface area (TPSA) is 52.6 Å². The van der Waals surface area contributed by atoms with Crippen molar-refractivity contribution < 1.29 is 19.1 Å². The Kier molecular flexibility index (Phi) is 3.73. The number of carbonyl (C=O) groups is 2. The normalized spacial score (nSPS) is 16.2. The average molecular weight is 332 g/mol. The monoisotopic (exact) mass is 332 g/mol. The molecule has 1 aliphatic rings. The predicted molar refractivity (Wildman–Crippen MR) is 94.1 cm³/mol. The molecule has 0 saturated carbocycles. The summed E-state index contributed by atoms with van der Waals surface area (Å²) in [5.41, 5.74) is 1.39. The van der Waals surface area contributed by atoms with Gasteiger partial charge in [-0.2, -0.15) is 0 Å². The van der Waals surface area contributed by atoms with Crippen LogP contribution < -0.4 is 9.47 Å². The number of ketones is 1. The standard InChI is InChI=1S/C21H16O4/c1-24-15-9-6-14(7-10-15)20(22)18-12-17-16-5-3-2-4-13(16)8-11-19(17)25-21(18)23/h2-11,18H,12H2,1H3/t18-/m0/s1. The molecule has 4 heteroatoms. The van der Waals surface area contributed by atoms with Crippen LogP contribution in [0.2, 0.25) is 0 Å². The van der Waals surface area contributed by atoms with Crippen molar-refractivity contribution in [2.75, 3.05) is 7.11 Å². The van der Waals surface area contributed by atoms with E-state index in [1.165, 1.54) is 0 Å². The van der Waals surface area contributed by atoms with Crippen LogP contribution in [0, 0.1) is 5.92 Å². The lowest BCUT2D eigenvalue weighted by Crippen LogP contribution is -2.34. The summed E-state index contributed by atoms with van der Waals surface area (Å²) in [6, 6.07) is 18.4. The SMILES string of the molecule is COc1ccc(C(=O)[C@@H]2Cc3c(ccc4ccccc34)OC2=O)cc1. The van der Waals surface area contributed by atoms with Crippen molar-refractivity contribution in [2.24, 2.45) is 5.92 Å². The number of hydrogen-bond acceptors (Lipinski definition) is 4. The third kappa shape index (κ3) is 2.66. The van der Waals surface area contributed by atoms with Gasteiger partial charge in [-0.3, -0.25) is 9.59 Å². The lowest BCUT2D eigenvalue weighted by atomic mass is 9.87. The summed E-state index contributed by atoms with van der Waals surface area (Å²) in [5.74, 6) is -0.344. The average Bonchev–Trinajstić information content (AvgIpc) is 2.67. The van der Waals surface area contributed by atoms with Crippen LogP contribution in [-0.4, -0.2) is 18.9 Å². The highest BCUT2D eigenvalue weighted by molar-refractivity contribution is 6.10. The number of carbonyl (C=O) groups excluding carboxylic acids is 2. The van der Waals surface area contributed by atoms with Gasteiger partial charge in [0.25, 0.3) is 0 Å². The zero-order valence-corrected chi connectivity index (χ0v) is 13.7. The summed E-state index contributed by atoms with van der Waals surface area (Å²) >= 11 is 0. The molecule has 3 aromatic rings. The number of benzene rings is 3. The van der Waals surface area contributed by atoms with Crippen molar-refractivity contribution >= 4 is 22.5 Å². The molecule has 1 atom stereocenters. The number of rotatable bonds is 3. The second-order valence-electron chi connectivity index (χ2n) is 6.03. The van der Waals surface area contributed by atoms with E-state index in [-0.39, 0.29) is 5.78 Å². The largest absolute Gasteiger partial charge is 0.497 e. The van der Waals surface area contributed by atoms with Crippen LogP contribution >= 0.6 is 0 Å². The van der Waals surface area contributed by atoms with Crippen molar-refractivity contribution in [1.82, 2.24) is 0 Å². The lowest BCUT2D eigenvalue weighted by Gasteiger charge is -2.24. The molecule has 0 radical (unpaired) electrons. The van der Waals surface area contributed by atoms with E-state index >= 15 is 0 Å². The van der Waals surface area contributed by atoms with E-state index in [9.17, 15) is 9.59 Å². The molecule has 1 heterocycles. The summed E-state index contributed by atoms with van der Waals surface area (Å²) in [6.07, 6.45) is 0.348. The van der Waals surface area contributed by atoms with Crippen molar-refractivity contribution in [2.45, 2.75) is 6.42 Å². The highest BCUT2D eigenvalue weighted by Gasteiger charge is 2.35. The van der Waals surface area contributed by atoms with E-state index in [1.54, 1.807) is 37.4 Å². The molecule has 1 aliphatic heterocycles. The molecule has 0 aromatic heterocycles. The summed E-state index contributed by atoms with van der Waals surface area (Å²) in [5, 5.41) is 2.08. The summed E-state index contributed by atoms with van der Waals surface area (Å²) in [6.45, 7) is 0. The van der Waals surface area contributed by atoms with Crippen molar-refractivity contribution in [1.29, 1.82) is 0 Å². The van der Waals surface area contributed by atoms with Crippen LogP contribution in [0.5, 0.6) is 11.5 Å². The van der Waals surface area contributed by atoms with Crippen molar-refractivity contribution in [3.8, 4) is 11.5 Å². The number of esters is 1. The Hall–Kier alpha value is -3.14. The van der Waals surface area contributed by atoms with Gasteiger partial charge < -0.3 is 9.47 Å². The molecule has 124 valence electrons. The van der Waals surface area contributed by atoms with E-state index in [1.807, 2.05) is 30.3 Å². The maximum absolute atomic E-state index is 12.8. The molecule has 0 unspecified atom stereocenters. The first-order valence-electron chi connectivity index (χ1n) is 8.08. The predicted octanol–water partition coefficient (Wildman–Crippen LogP) is 3.81. The fraction of sp³-hybridized carbons (Fsp3) is 0.143. The van der Waals surface area contributed by atoms with Gasteiger partial charge in [-0.25, -0.2) is 0 Å². The Morgan fingerprint density at radius 1 is 1.04 bits per heavy atom. The molecule has 0 N–H and O–H groups in total. The fourth-order valence-corrected chi connectivity index (χ4v) is 3.25. The molecule has 0 saturated heterocycles. The second-order valence-corrected chi connectivity index (χ2v) is 6.03. The van der Waals surface area contributed by atoms with Crippen molar-refractivity contribution in [3.63, 3.8) is 0 Å². The third-order valence-electron chi connectivity index (χ3n) is 4.59. The number of methoxy groups -OCH3 is 1. The van der Waals surface area contributed by atoms with Gasteiger partial charge in [-0.1, -0.05) is 30.3 Å². The van der Waals surface area contributed by atoms with Crippen LogP contribution in [-0.2, 0) is 11.2 Å². The third-order valence-corrected chi connectivity index (χ3v) is 4.59. The molecular formula is C21H16O4. The number of Topliss-reactive ketones (excluding diaryl/α,β-unsaturated/α-hetero) is 1. The first-order valence-corrected chi connectivity index (χ1v) is 8.08. The van der Waals surface area contributed by atoms with Gasteiger partial charge in [0.1, 0.15) is 17.4 Å². The molecule has 0 amide bonds. The van der Waals surface area contributed by atoms with E-state index in [4.69, 9.17) is 9.47 Å². The first kappa shape index (κ1) is 15.4. The van der Waals surface area contributed by atoms with Gasteiger partial charge in [0.05, 0.1) is 7.11 Å². The highest BCUT2D eigenvalue weighted by Crippen LogP contribution is 2.35. The summed E-state index contributed by atoms with van der Waals surface area (Å²) in [4.78, 5) is 25.2. The van der Waals surface area contributed by atoms with Gasteiger partial charge in [0, 0.05) is 11.1 Å².